The van der Waals surface area contributed by atoms with Gasteiger partial charge in [0.15, 0.2) is 0 Å². The Morgan fingerprint density at radius 2 is 2.22 bits per heavy atom. The third-order valence-electron chi connectivity index (χ3n) is 2.11. The highest BCUT2D eigenvalue weighted by Crippen LogP contribution is 2.25. The molecule has 0 spiro atoms. The molecule has 0 aliphatic rings. The van der Waals surface area contributed by atoms with Gasteiger partial charge in [0.1, 0.15) is 5.75 Å². The Morgan fingerprint density at radius 1 is 1.50 bits per heavy atom. The van der Waals surface area contributed by atoms with Crippen LogP contribution in [0.1, 0.15) is 12.5 Å². The molecule has 0 radical (unpaired) electrons. The van der Waals surface area contributed by atoms with Crippen LogP contribution in [0.3, 0.4) is 0 Å². The second-order valence-electron chi connectivity index (χ2n) is 3.27. The number of carbonyl (C=O) groups is 1. The van der Waals surface area contributed by atoms with Crippen molar-refractivity contribution in [1.29, 1.82) is 0 Å². The lowest BCUT2D eigenvalue weighted by Crippen LogP contribution is -1.99. The number of methoxy groups -OCH3 is 1. The molecule has 18 heavy (non-hydrogen) atoms. The molecular weight excluding hydrogens is 238 g/mol. The molecule has 1 aromatic carbocycles. The van der Waals surface area contributed by atoms with E-state index in [9.17, 15) is 14.9 Å². The van der Waals surface area contributed by atoms with Crippen molar-refractivity contribution in [2.45, 2.75) is 6.92 Å². The van der Waals surface area contributed by atoms with Gasteiger partial charge in [-0.25, -0.2) is 4.79 Å². The Morgan fingerprint density at radius 3 is 2.78 bits per heavy atom. The summed E-state index contributed by atoms with van der Waals surface area (Å²) in [5.74, 6) is -0.150. The van der Waals surface area contributed by atoms with E-state index in [2.05, 4.69) is 0 Å². The van der Waals surface area contributed by atoms with Crippen molar-refractivity contribution in [1.82, 2.24) is 0 Å². The van der Waals surface area contributed by atoms with Gasteiger partial charge in [-0.05, 0) is 19.1 Å². The summed E-state index contributed by atoms with van der Waals surface area (Å²) in [5, 5.41) is 10.6. The lowest BCUT2D eigenvalue weighted by atomic mass is 10.1. The molecule has 0 heterocycles. The van der Waals surface area contributed by atoms with Crippen LogP contribution in [-0.4, -0.2) is 24.6 Å². The number of rotatable bonds is 5. The van der Waals surface area contributed by atoms with Crippen LogP contribution in [-0.2, 0) is 9.53 Å². The van der Waals surface area contributed by atoms with Crippen molar-refractivity contribution in [3.8, 4) is 5.75 Å². The molecule has 0 saturated heterocycles. The van der Waals surface area contributed by atoms with Crippen LogP contribution in [0, 0.1) is 10.1 Å². The first-order valence-electron chi connectivity index (χ1n) is 5.25. The van der Waals surface area contributed by atoms with Crippen LogP contribution >= 0.6 is 0 Å². The molecule has 96 valence electrons. The molecule has 6 nitrogen and oxygen atoms in total. The number of ether oxygens (including phenoxy) is 2. The zero-order valence-electron chi connectivity index (χ0n) is 10.1. The van der Waals surface area contributed by atoms with Crippen LogP contribution in [0.25, 0.3) is 6.08 Å². The summed E-state index contributed by atoms with van der Waals surface area (Å²) in [7, 11) is 1.40. The summed E-state index contributed by atoms with van der Waals surface area (Å²) < 4.78 is 9.74. The number of nitro groups is 1. The van der Waals surface area contributed by atoms with Gasteiger partial charge in [-0.15, -0.1) is 0 Å². The fourth-order valence-corrected chi connectivity index (χ4v) is 1.30. The highest BCUT2D eigenvalue weighted by Gasteiger charge is 2.09. The number of esters is 1. The third kappa shape index (κ3) is 3.58. The van der Waals surface area contributed by atoms with Crippen molar-refractivity contribution >= 4 is 17.7 Å². The number of benzene rings is 1. The molecule has 0 fully saturated rings. The Balaban J connectivity index is 2.96. The van der Waals surface area contributed by atoms with Crippen LogP contribution in [0.5, 0.6) is 5.75 Å². The summed E-state index contributed by atoms with van der Waals surface area (Å²) in [6.07, 6.45) is 2.73. The number of hydrogen-bond donors (Lipinski definition) is 0. The number of non-ortho nitro benzene ring substituents is 1. The Labute approximate surface area is 104 Å². The van der Waals surface area contributed by atoms with E-state index in [0.29, 0.717) is 17.9 Å². The van der Waals surface area contributed by atoms with Crippen molar-refractivity contribution in [3.63, 3.8) is 0 Å². The van der Waals surface area contributed by atoms with E-state index in [0.717, 1.165) is 0 Å². The quantitative estimate of drug-likeness (QED) is 0.347. The fraction of sp³-hybridized carbons (Fsp3) is 0.250. The molecule has 0 bridgehead atoms. The summed E-state index contributed by atoms with van der Waals surface area (Å²) in [6, 6.07) is 4.14. The van der Waals surface area contributed by atoms with Crippen LogP contribution in [0.2, 0.25) is 0 Å². The molecule has 0 aliphatic heterocycles. The first kappa shape index (κ1) is 13.7. The maximum absolute atomic E-state index is 11.1. The van der Waals surface area contributed by atoms with E-state index < -0.39 is 10.9 Å². The summed E-state index contributed by atoms with van der Waals surface area (Å²) >= 11 is 0. The van der Waals surface area contributed by atoms with Crippen LogP contribution in [0.15, 0.2) is 24.3 Å². The predicted octanol–water partition coefficient (Wildman–Crippen LogP) is 2.18. The summed E-state index contributed by atoms with van der Waals surface area (Å²) in [5.41, 5.74) is 0.497. The molecule has 0 saturated carbocycles. The fourth-order valence-electron chi connectivity index (χ4n) is 1.30. The molecule has 0 atom stereocenters. The van der Waals surface area contributed by atoms with Gasteiger partial charge in [-0.1, -0.05) is 0 Å². The second-order valence-corrected chi connectivity index (χ2v) is 3.27. The van der Waals surface area contributed by atoms with E-state index in [-0.39, 0.29) is 5.69 Å². The van der Waals surface area contributed by atoms with Crippen LogP contribution in [0.4, 0.5) is 5.69 Å². The maximum atomic E-state index is 11.1. The lowest BCUT2D eigenvalue weighted by Gasteiger charge is -2.04. The van der Waals surface area contributed by atoms with E-state index in [1.165, 1.54) is 37.5 Å². The summed E-state index contributed by atoms with van der Waals surface area (Å²) in [6.45, 7) is 2.00. The standard InChI is InChI=1S/C12H13NO5/c1-3-18-12(14)7-5-9-4-6-10(13(15)16)8-11(9)17-2/h4-8H,3H2,1-2H3/b7-5+. The van der Waals surface area contributed by atoms with Crippen LogP contribution < -0.4 is 4.74 Å². The summed E-state index contributed by atoms with van der Waals surface area (Å²) in [4.78, 5) is 21.2. The van der Waals surface area contributed by atoms with Crippen molar-refractivity contribution < 1.29 is 19.2 Å². The van der Waals surface area contributed by atoms with Crippen molar-refractivity contribution in [2.75, 3.05) is 13.7 Å². The normalized spacial score (nSPS) is 10.3. The zero-order chi connectivity index (χ0) is 13.5. The Bertz CT molecular complexity index is 481. The second kappa shape index (κ2) is 6.39. The molecule has 0 amide bonds. The molecule has 6 heteroatoms. The van der Waals surface area contributed by atoms with Gasteiger partial charge in [0, 0.05) is 17.7 Å². The monoisotopic (exact) mass is 251 g/mol. The molecule has 0 N–H and O–H groups in total. The van der Waals surface area contributed by atoms with Crippen molar-refractivity contribution in [3.05, 3.63) is 40.0 Å². The van der Waals surface area contributed by atoms with Gasteiger partial charge < -0.3 is 9.47 Å². The van der Waals surface area contributed by atoms with Gasteiger partial charge in [-0.2, -0.15) is 0 Å². The minimum atomic E-state index is -0.513. The molecular formula is C12H13NO5. The van der Waals surface area contributed by atoms with E-state index in [1.807, 2.05) is 0 Å². The van der Waals surface area contributed by atoms with E-state index >= 15 is 0 Å². The van der Waals surface area contributed by atoms with Gasteiger partial charge >= 0.3 is 5.97 Å². The first-order valence-corrected chi connectivity index (χ1v) is 5.25. The van der Waals surface area contributed by atoms with Gasteiger partial charge in [0.25, 0.3) is 5.69 Å². The third-order valence-corrected chi connectivity index (χ3v) is 2.11. The average Bonchev–Trinajstić information content (AvgIpc) is 2.36. The van der Waals surface area contributed by atoms with E-state index in [4.69, 9.17) is 9.47 Å². The van der Waals surface area contributed by atoms with E-state index in [1.54, 1.807) is 6.92 Å². The lowest BCUT2D eigenvalue weighted by molar-refractivity contribution is -0.384. The van der Waals surface area contributed by atoms with Gasteiger partial charge in [-0.3, -0.25) is 10.1 Å². The largest absolute Gasteiger partial charge is 0.496 e. The number of hydrogen-bond acceptors (Lipinski definition) is 5. The minimum Gasteiger partial charge on any atom is -0.496 e. The Kier molecular flexibility index (Phi) is 4.86. The molecule has 1 aromatic rings. The van der Waals surface area contributed by atoms with Gasteiger partial charge in [0.05, 0.1) is 24.7 Å². The van der Waals surface area contributed by atoms with Crippen molar-refractivity contribution in [2.24, 2.45) is 0 Å². The Hall–Kier alpha value is -2.37. The number of nitrogens with zero attached hydrogens (tertiary/aromatic N) is 1. The molecule has 0 aromatic heterocycles. The van der Waals surface area contributed by atoms with Gasteiger partial charge in [0.2, 0.25) is 0 Å². The predicted molar refractivity (Wildman–Crippen MR) is 65.3 cm³/mol. The molecule has 0 unspecified atom stereocenters. The molecule has 0 aliphatic carbocycles. The maximum Gasteiger partial charge on any atom is 0.330 e. The number of nitro benzene ring substituents is 1. The topological polar surface area (TPSA) is 78.7 Å². The highest BCUT2D eigenvalue weighted by atomic mass is 16.6. The SMILES string of the molecule is CCOC(=O)/C=C/c1ccc([N+](=O)[O-])cc1OC. The number of carbonyl (C=O) groups excluding carboxylic acids is 1. The molecule has 1 rings (SSSR count). The zero-order valence-corrected chi connectivity index (χ0v) is 10.1. The first-order chi connectivity index (χ1) is 8.58. The smallest absolute Gasteiger partial charge is 0.330 e. The minimum absolute atomic E-state index is 0.0693. The average molecular weight is 251 g/mol. The highest BCUT2D eigenvalue weighted by molar-refractivity contribution is 5.87.